The Hall–Kier alpha value is -3.30. The van der Waals surface area contributed by atoms with Crippen LogP contribution in [-0.2, 0) is 16.1 Å². The Morgan fingerprint density at radius 1 is 1.06 bits per heavy atom. The van der Waals surface area contributed by atoms with Crippen molar-refractivity contribution in [3.8, 4) is 11.6 Å². The average molecular weight is 476 g/mol. The Labute approximate surface area is 203 Å². The van der Waals surface area contributed by atoms with Gasteiger partial charge in [0.25, 0.3) is 5.91 Å². The van der Waals surface area contributed by atoms with Gasteiger partial charge in [-0.2, -0.15) is 4.98 Å². The second-order valence-electron chi connectivity index (χ2n) is 9.84. The fourth-order valence-corrected chi connectivity index (χ4v) is 5.19. The van der Waals surface area contributed by atoms with E-state index in [1.807, 2.05) is 43.3 Å². The number of ether oxygens (including phenoxy) is 3. The van der Waals surface area contributed by atoms with Gasteiger partial charge in [0.05, 0.1) is 24.5 Å². The summed E-state index contributed by atoms with van der Waals surface area (Å²) in [5.41, 5.74) is 2.36. The number of anilines is 1. The molecule has 1 saturated carbocycles. The third-order valence-corrected chi connectivity index (χ3v) is 7.42. The molecule has 182 valence electrons. The van der Waals surface area contributed by atoms with Crippen LogP contribution in [-0.4, -0.2) is 51.8 Å². The summed E-state index contributed by atoms with van der Waals surface area (Å²) in [4.78, 5) is 25.2. The molecular weight excluding hydrogens is 446 g/mol. The molecule has 3 aromatic rings. The van der Waals surface area contributed by atoms with Crippen LogP contribution in [0.4, 0.5) is 5.82 Å². The van der Waals surface area contributed by atoms with Crippen LogP contribution in [0.15, 0.2) is 36.4 Å². The zero-order valence-electron chi connectivity index (χ0n) is 19.8. The molecule has 2 saturated heterocycles. The topological polar surface area (TPSA) is 107 Å². The van der Waals surface area contributed by atoms with Gasteiger partial charge in [-0.05, 0) is 62.9 Å². The lowest BCUT2D eigenvalue weighted by Crippen LogP contribution is -2.61. The minimum atomic E-state index is -0.176. The number of amides is 1. The van der Waals surface area contributed by atoms with Gasteiger partial charge in [-0.1, -0.05) is 0 Å². The molecule has 9 nitrogen and oxygen atoms in total. The third kappa shape index (κ3) is 4.53. The summed E-state index contributed by atoms with van der Waals surface area (Å²) < 4.78 is 17.8. The van der Waals surface area contributed by atoms with Crippen LogP contribution in [0.25, 0.3) is 11.0 Å². The van der Waals surface area contributed by atoms with Crippen LogP contribution in [0.2, 0.25) is 0 Å². The van der Waals surface area contributed by atoms with Gasteiger partial charge >= 0.3 is 0 Å². The van der Waals surface area contributed by atoms with Crippen molar-refractivity contribution in [2.24, 2.45) is 0 Å². The summed E-state index contributed by atoms with van der Waals surface area (Å²) in [5.74, 6) is 1.54. The number of aryl methyl sites for hydroxylation is 1. The molecule has 0 spiro atoms. The van der Waals surface area contributed by atoms with Gasteiger partial charge < -0.3 is 24.8 Å². The molecule has 9 heteroatoms. The highest BCUT2D eigenvalue weighted by molar-refractivity contribution is 5.94. The fourth-order valence-electron chi connectivity index (χ4n) is 5.19. The predicted molar refractivity (Wildman–Crippen MR) is 129 cm³/mol. The van der Waals surface area contributed by atoms with E-state index in [1.165, 1.54) is 0 Å². The minimum absolute atomic E-state index is 0.0369. The number of hydrogen-bond donors (Lipinski definition) is 2. The van der Waals surface area contributed by atoms with E-state index < -0.39 is 0 Å². The molecule has 0 atom stereocenters. The SMILES string of the molecule is Cc1ccc2ccc(OCCC34CCC(NCc5ccc6c(n5)NC(=O)CO6)(CC3)CO4)nc2n1. The van der Waals surface area contributed by atoms with Crippen molar-refractivity contribution in [2.75, 3.05) is 25.1 Å². The van der Waals surface area contributed by atoms with E-state index in [4.69, 9.17) is 14.2 Å². The third-order valence-electron chi connectivity index (χ3n) is 7.42. The van der Waals surface area contributed by atoms with Gasteiger partial charge in [0.2, 0.25) is 5.88 Å². The molecule has 3 fully saturated rings. The minimum Gasteiger partial charge on any atom is -0.480 e. The molecule has 2 N–H and O–H groups in total. The maximum atomic E-state index is 11.6. The van der Waals surface area contributed by atoms with Crippen LogP contribution in [0, 0.1) is 6.92 Å². The second-order valence-corrected chi connectivity index (χ2v) is 9.84. The Morgan fingerprint density at radius 2 is 1.91 bits per heavy atom. The number of carbonyl (C=O) groups is 1. The van der Waals surface area contributed by atoms with Crippen molar-refractivity contribution >= 4 is 22.8 Å². The number of rotatable bonds is 7. The zero-order valence-corrected chi connectivity index (χ0v) is 19.8. The van der Waals surface area contributed by atoms with E-state index in [0.29, 0.717) is 42.9 Å². The number of carbonyl (C=O) groups excluding carboxylic acids is 1. The first-order valence-corrected chi connectivity index (χ1v) is 12.2. The van der Waals surface area contributed by atoms with Gasteiger partial charge in [-0.3, -0.25) is 4.79 Å². The zero-order chi connectivity index (χ0) is 23.9. The van der Waals surface area contributed by atoms with E-state index in [9.17, 15) is 4.79 Å². The number of nitrogens with zero attached hydrogens (tertiary/aromatic N) is 3. The smallest absolute Gasteiger partial charge is 0.263 e. The largest absolute Gasteiger partial charge is 0.480 e. The highest BCUT2D eigenvalue weighted by Gasteiger charge is 2.49. The second kappa shape index (κ2) is 8.73. The molecule has 35 heavy (non-hydrogen) atoms. The summed E-state index contributed by atoms with van der Waals surface area (Å²) in [6.07, 6.45) is 4.94. The van der Waals surface area contributed by atoms with E-state index in [0.717, 1.165) is 48.9 Å². The lowest BCUT2D eigenvalue weighted by atomic mass is 9.70. The Balaban J connectivity index is 1.02. The Kier molecular flexibility index (Phi) is 5.53. The number of hydrogen-bond acceptors (Lipinski definition) is 8. The van der Waals surface area contributed by atoms with Crippen LogP contribution in [0.1, 0.15) is 43.5 Å². The van der Waals surface area contributed by atoms with Crippen LogP contribution < -0.4 is 20.1 Å². The molecular formula is C26H29N5O4. The highest BCUT2D eigenvalue weighted by Crippen LogP contribution is 2.45. The summed E-state index contributed by atoms with van der Waals surface area (Å²) in [6, 6.07) is 11.7. The average Bonchev–Trinajstić information content (AvgIpc) is 2.88. The number of fused-ring (bicyclic) bond motifs is 5. The first-order chi connectivity index (χ1) is 17.0. The maximum absolute atomic E-state index is 11.6. The highest BCUT2D eigenvalue weighted by atomic mass is 16.5. The van der Waals surface area contributed by atoms with Crippen molar-refractivity contribution in [3.05, 3.63) is 47.8 Å². The monoisotopic (exact) mass is 475 g/mol. The molecule has 1 aliphatic carbocycles. The Bertz CT molecular complexity index is 1260. The van der Waals surface area contributed by atoms with Crippen molar-refractivity contribution in [1.29, 1.82) is 0 Å². The van der Waals surface area contributed by atoms with Gasteiger partial charge in [-0.25, -0.2) is 9.97 Å². The lowest BCUT2D eigenvalue weighted by molar-refractivity contribution is -0.168. The molecule has 4 aliphatic rings. The number of nitrogens with one attached hydrogen (secondary N) is 2. The van der Waals surface area contributed by atoms with E-state index in [1.54, 1.807) is 0 Å². The molecule has 6 heterocycles. The summed E-state index contributed by atoms with van der Waals surface area (Å²) in [7, 11) is 0. The number of pyridine rings is 3. The molecule has 7 rings (SSSR count). The van der Waals surface area contributed by atoms with Crippen LogP contribution in [0.3, 0.4) is 0 Å². The predicted octanol–water partition coefficient (Wildman–Crippen LogP) is 3.30. The van der Waals surface area contributed by atoms with Gasteiger partial charge in [0.15, 0.2) is 23.8 Å². The molecule has 1 amide bonds. The fraction of sp³-hybridized carbons (Fsp3) is 0.462. The number of aromatic nitrogens is 3. The van der Waals surface area contributed by atoms with E-state index in [-0.39, 0.29) is 23.7 Å². The van der Waals surface area contributed by atoms with Crippen LogP contribution >= 0.6 is 0 Å². The molecule has 2 bridgehead atoms. The summed E-state index contributed by atoms with van der Waals surface area (Å²) in [6.45, 7) is 3.86. The summed E-state index contributed by atoms with van der Waals surface area (Å²) >= 11 is 0. The molecule has 0 aromatic carbocycles. The Morgan fingerprint density at radius 3 is 2.74 bits per heavy atom. The van der Waals surface area contributed by atoms with Crippen LogP contribution in [0.5, 0.6) is 11.6 Å². The van der Waals surface area contributed by atoms with E-state index in [2.05, 4.69) is 25.6 Å². The maximum Gasteiger partial charge on any atom is 0.263 e. The molecule has 0 unspecified atom stereocenters. The van der Waals surface area contributed by atoms with Gasteiger partial charge in [0.1, 0.15) is 0 Å². The normalized spacial score (nSPS) is 25.1. The summed E-state index contributed by atoms with van der Waals surface area (Å²) in [5, 5.41) is 7.47. The first kappa shape index (κ1) is 22.2. The molecule has 3 aromatic heterocycles. The van der Waals surface area contributed by atoms with Gasteiger partial charge in [0, 0.05) is 35.7 Å². The van der Waals surface area contributed by atoms with Gasteiger partial charge in [-0.15, -0.1) is 0 Å². The first-order valence-electron chi connectivity index (χ1n) is 12.2. The van der Waals surface area contributed by atoms with Crippen molar-refractivity contribution in [1.82, 2.24) is 20.3 Å². The molecule has 0 radical (unpaired) electrons. The standard InChI is InChI=1S/C26H29N5O4/c1-17-2-3-18-4-7-22(31-23(18)28-17)33-13-12-26-10-8-25(9-11-26,16-35-26)27-14-19-5-6-20-24(29-19)30-21(32)15-34-20/h2-7,27H,8-16H2,1H3,(H,29,30,32). The van der Waals surface area contributed by atoms with Crippen molar-refractivity contribution < 1.29 is 19.0 Å². The van der Waals surface area contributed by atoms with E-state index >= 15 is 0 Å². The van der Waals surface area contributed by atoms with Crippen molar-refractivity contribution in [3.63, 3.8) is 0 Å². The quantitative estimate of drug-likeness (QED) is 0.536. The lowest BCUT2D eigenvalue weighted by Gasteiger charge is -2.53. The molecule has 3 aliphatic heterocycles. The van der Waals surface area contributed by atoms with Crippen molar-refractivity contribution in [2.45, 2.75) is 56.7 Å².